The van der Waals surface area contributed by atoms with Crippen LogP contribution in [0.15, 0.2) is 35.9 Å². The van der Waals surface area contributed by atoms with E-state index in [1.807, 2.05) is 0 Å². The lowest BCUT2D eigenvalue weighted by atomic mass is 9.84. The summed E-state index contributed by atoms with van der Waals surface area (Å²) >= 11 is 0. The van der Waals surface area contributed by atoms with Crippen molar-refractivity contribution in [3.63, 3.8) is 0 Å². The van der Waals surface area contributed by atoms with Crippen LogP contribution in [0.3, 0.4) is 0 Å². The zero-order chi connectivity index (χ0) is 13.7. The number of rotatable bonds is 5. The molecule has 2 unspecified atom stereocenters. The Morgan fingerprint density at radius 3 is 2.47 bits per heavy atom. The molecule has 0 fully saturated rings. The molecule has 1 aromatic rings. The number of hydrogen-bond acceptors (Lipinski definition) is 1. The average molecular weight is 257 g/mol. The van der Waals surface area contributed by atoms with Crippen molar-refractivity contribution in [3.05, 3.63) is 47.0 Å². The van der Waals surface area contributed by atoms with E-state index in [0.717, 1.165) is 31.3 Å². The molecule has 1 heteroatoms. The van der Waals surface area contributed by atoms with Crippen LogP contribution in [-0.2, 0) is 13.0 Å². The molecule has 1 N–H and O–H groups in total. The highest BCUT2D eigenvalue weighted by Gasteiger charge is 2.17. The Labute approximate surface area is 118 Å². The molecule has 0 amide bonds. The fourth-order valence-electron chi connectivity index (χ4n) is 3.16. The molecule has 1 aliphatic rings. The maximum absolute atomic E-state index is 3.62. The summed E-state index contributed by atoms with van der Waals surface area (Å²) < 4.78 is 0. The Hall–Kier alpha value is -1.08. The molecular weight excluding hydrogens is 230 g/mol. The van der Waals surface area contributed by atoms with E-state index >= 15 is 0 Å². The van der Waals surface area contributed by atoms with E-state index in [-0.39, 0.29) is 0 Å². The van der Waals surface area contributed by atoms with Gasteiger partial charge in [-0.1, -0.05) is 49.8 Å². The molecule has 1 aromatic carbocycles. The molecule has 0 radical (unpaired) electrons. The van der Waals surface area contributed by atoms with Gasteiger partial charge in [-0.2, -0.15) is 0 Å². The summed E-state index contributed by atoms with van der Waals surface area (Å²) in [5, 5.41) is 3.62. The van der Waals surface area contributed by atoms with Crippen LogP contribution in [0.5, 0.6) is 0 Å². The van der Waals surface area contributed by atoms with Gasteiger partial charge in [-0.3, -0.25) is 0 Å². The van der Waals surface area contributed by atoms with Crippen LogP contribution >= 0.6 is 0 Å². The molecule has 0 aliphatic heterocycles. The van der Waals surface area contributed by atoms with Gasteiger partial charge in [0, 0.05) is 6.54 Å². The Morgan fingerprint density at radius 1 is 1.16 bits per heavy atom. The third kappa shape index (κ3) is 4.50. The predicted molar refractivity (Wildman–Crippen MR) is 83.2 cm³/mol. The van der Waals surface area contributed by atoms with Crippen LogP contribution < -0.4 is 5.32 Å². The molecule has 19 heavy (non-hydrogen) atoms. The van der Waals surface area contributed by atoms with Crippen molar-refractivity contribution in [1.29, 1.82) is 0 Å². The maximum atomic E-state index is 3.62. The van der Waals surface area contributed by atoms with E-state index in [2.05, 4.69) is 56.4 Å². The molecule has 1 aliphatic carbocycles. The highest BCUT2D eigenvalue weighted by Crippen LogP contribution is 2.27. The molecule has 1 nitrogen and oxygen atoms in total. The standard InChI is InChI=1S/C18H27N/c1-4-16-5-7-17(8-6-16)12-19-13-18-10-14(2)9-15(3)11-18/h5-9,14,18-19H,4,10-13H2,1-3H3. The minimum absolute atomic E-state index is 0.754. The van der Waals surface area contributed by atoms with Gasteiger partial charge < -0.3 is 5.32 Å². The summed E-state index contributed by atoms with van der Waals surface area (Å²) in [7, 11) is 0. The third-order valence-corrected chi connectivity index (χ3v) is 4.08. The first-order valence-electron chi connectivity index (χ1n) is 7.63. The highest BCUT2D eigenvalue weighted by molar-refractivity contribution is 5.22. The van der Waals surface area contributed by atoms with Crippen LogP contribution in [0.4, 0.5) is 0 Å². The van der Waals surface area contributed by atoms with Crippen molar-refractivity contribution < 1.29 is 0 Å². The Balaban J connectivity index is 1.75. The highest BCUT2D eigenvalue weighted by atomic mass is 14.9. The second kappa shape index (κ2) is 6.91. The Bertz CT molecular complexity index is 416. The summed E-state index contributed by atoms with van der Waals surface area (Å²) in [4.78, 5) is 0. The molecule has 0 saturated heterocycles. The van der Waals surface area contributed by atoms with Gasteiger partial charge in [-0.05, 0) is 55.7 Å². The topological polar surface area (TPSA) is 12.0 Å². The number of hydrogen-bond donors (Lipinski definition) is 1. The number of nitrogens with one attached hydrogen (secondary N) is 1. The lowest BCUT2D eigenvalue weighted by Crippen LogP contribution is -2.25. The summed E-state index contributed by atoms with van der Waals surface area (Å²) in [5.41, 5.74) is 4.39. The first-order valence-corrected chi connectivity index (χ1v) is 7.63. The lowest BCUT2D eigenvalue weighted by molar-refractivity contribution is 0.381. The smallest absolute Gasteiger partial charge is 0.0205 e. The zero-order valence-corrected chi connectivity index (χ0v) is 12.6. The van der Waals surface area contributed by atoms with E-state index in [9.17, 15) is 0 Å². The quantitative estimate of drug-likeness (QED) is 0.774. The number of aryl methyl sites for hydroxylation is 1. The van der Waals surface area contributed by atoms with Crippen LogP contribution in [0.25, 0.3) is 0 Å². The maximum Gasteiger partial charge on any atom is 0.0205 e. The lowest BCUT2D eigenvalue weighted by Gasteiger charge is -2.25. The zero-order valence-electron chi connectivity index (χ0n) is 12.6. The van der Waals surface area contributed by atoms with E-state index in [4.69, 9.17) is 0 Å². The third-order valence-electron chi connectivity index (χ3n) is 4.08. The van der Waals surface area contributed by atoms with Crippen LogP contribution in [-0.4, -0.2) is 6.54 Å². The molecule has 2 atom stereocenters. The molecule has 104 valence electrons. The Kier molecular flexibility index (Phi) is 5.21. The molecule has 0 bridgehead atoms. The van der Waals surface area contributed by atoms with Gasteiger partial charge in [0.25, 0.3) is 0 Å². The molecule has 0 spiro atoms. The van der Waals surface area contributed by atoms with Crippen molar-refractivity contribution in [2.24, 2.45) is 11.8 Å². The molecule has 0 saturated carbocycles. The summed E-state index contributed by atoms with van der Waals surface area (Å²) in [6.07, 6.45) is 6.16. The van der Waals surface area contributed by atoms with Crippen LogP contribution in [0, 0.1) is 11.8 Å². The van der Waals surface area contributed by atoms with E-state index in [1.165, 1.54) is 24.0 Å². The molecular formula is C18H27N. The second-order valence-corrected chi connectivity index (χ2v) is 6.10. The van der Waals surface area contributed by atoms with Crippen molar-refractivity contribution >= 4 is 0 Å². The van der Waals surface area contributed by atoms with E-state index in [1.54, 1.807) is 5.57 Å². The van der Waals surface area contributed by atoms with Gasteiger partial charge in [0.05, 0.1) is 0 Å². The van der Waals surface area contributed by atoms with Crippen molar-refractivity contribution in [2.45, 2.75) is 46.6 Å². The fraction of sp³-hybridized carbons (Fsp3) is 0.556. The minimum Gasteiger partial charge on any atom is -0.312 e. The molecule has 0 heterocycles. The normalized spacial score (nSPS) is 23.2. The summed E-state index contributed by atoms with van der Waals surface area (Å²) in [5.74, 6) is 1.57. The van der Waals surface area contributed by atoms with Gasteiger partial charge >= 0.3 is 0 Å². The Morgan fingerprint density at radius 2 is 1.84 bits per heavy atom. The first-order chi connectivity index (χ1) is 9.17. The van der Waals surface area contributed by atoms with Crippen LogP contribution in [0.1, 0.15) is 44.7 Å². The molecule has 0 aromatic heterocycles. The van der Waals surface area contributed by atoms with Crippen molar-refractivity contribution in [1.82, 2.24) is 5.32 Å². The number of allylic oxidation sites excluding steroid dienone is 2. The van der Waals surface area contributed by atoms with E-state index < -0.39 is 0 Å². The molecule has 2 rings (SSSR count). The number of benzene rings is 1. The SMILES string of the molecule is CCc1ccc(CNCC2CC(C)=CC(C)C2)cc1. The fourth-order valence-corrected chi connectivity index (χ4v) is 3.16. The second-order valence-electron chi connectivity index (χ2n) is 6.10. The van der Waals surface area contributed by atoms with Gasteiger partial charge in [0.2, 0.25) is 0 Å². The predicted octanol–water partition coefficient (Wildman–Crippen LogP) is 4.33. The average Bonchev–Trinajstić information content (AvgIpc) is 2.38. The van der Waals surface area contributed by atoms with Gasteiger partial charge in [-0.25, -0.2) is 0 Å². The largest absolute Gasteiger partial charge is 0.312 e. The van der Waals surface area contributed by atoms with Gasteiger partial charge in [0.15, 0.2) is 0 Å². The minimum atomic E-state index is 0.754. The summed E-state index contributed by atoms with van der Waals surface area (Å²) in [6, 6.07) is 8.99. The van der Waals surface area contributed by atoms with Gasteiger partial charge in [0.1, 0.15) is 0 Å². The van der Waals surface area contributed by atoms with E-state index in [0.29, 0.717) is 0 Å². The van der Waals surface area contributed by atoms with Crippen molar-refractivity contribution in [3.8, 4) is 0 Å². The van der Waals surface area contributed by atoms with Gasteiger partial charge in [-0.15, -0.1) is 0 Å². The van der Waals surface area contributed by atoms with Crippen LogP contribution in [0.2, 0.25) is 0 Å². The van der Waals surface area contributed by atoms with Crippen molar-refractivity contribution in [2.75, 3.05) is 6.54 Å². The summed E-state index contributed by atoms with van der Waals surface area (Å²) in [6.45, 7) is 8.95. The monoisotopic (exact) mass is 257 g/mol. The first kappa shape index (κ1) is 14.3.